The van der Waals surface area contributed by atoms with E-state index >= 15 is 0 Å². The Morgan fingerprint density at radius 3 is 2.28 bits per heavy atom. The maximum atomic E-state index is 12.8. The van der Waals surface area contributed by atoms with E-state index in [0.717, 1.165) is 12.8 Å². The Morgan fingerprint density at radius 1 is 1.06 bits per heavy atom. The van der Waals surface area contributed by atoms with Gasteiger partial charge in [-0.2, -0.15) is 0 Å². The van der Waals surface area contributed by atoms with Crippen LogP contribution >= 0.6 is 0 Å². The second kappa shape index (κ2) is 10.3. The van der Waals surface area contributed by atoms with Gasteiger partial charge in [0.2, 0.25) is 0 Å². The van der Waals surface area contributed by atoms with Crippen molar-refractivity contribution in [1.29, 1.82) is 0 Å². The minimum atomic E-state index is -0.658. The molecular weight excluding hydrogens is 406 g/mol. The van der Waals surface area contributed by atoms with E-state index in [4.69, 9.17) is 4.74 Å². The van der Waals surface area contributed by atoms with Crippen molar-refractivity contribution in [3.05, 3.63) is 70.8 Å². The fraction of sp³-hybridized carbons (Fsp3) is 0.440. The molecule has 0 aromatic heterocycles. The van der Waals surface area contributed by atoms with Crippen LogP contribution in [0.5, 0.6) is 0 Å². The molecule has 1 heterocycles. The first-order valence-corrected chi connectivity index (χ1v) is 11.2. The molecule has 1 aliphatic heterocycles. The van der Waals surface area contributed by atoms with Crippen LogP contribution in [0.2, 0.25) is 0 Å². The molecule has 2 aromatic rings. The predicted molar refractivity (Wildman–Crippen MR) is 122 cm³/mol. The van der Waals surface area contributed by atoms with Gasteiger partial charge in [-0.25, -0.2) is 0 Å². The number of aliphatic hydroxyl groups is 1. The fourth-order valence-electron chi connectivity index (χ4n) is 4.39. The SMILES string of the molecule is CN(C[C@@H](O)CNC1Cc2ccccc2C1)C(=O)c1ccc(C(=O)N2CCOCC2)cc1. The van der Waals surface area contributed by atoms with Crippen molar-refractivity contribution in [3.8, 4) is 0 Å². The van der Waals surface area contributed by atoms with Crippen LogP contribution in [-0.2, 0) is 17.6 Å². The number of carbonyl (C=O) groups excluding carboxylic acids is 2. The minimum absolute atomic E-state index is 0.0452. The average molecular weight is 438 g/mol. The number of carbonyl (C=O) groups is 2. The molecule has 7 nitrogen and oxygen atoms in total. The molecule has 1 aliphatic carbocycles. The average Bonchev–Trinajstić information content (AvgIpc) is 3.25. The van der Waals surface area contributed by atoms with Crippen LogP contribution in [0.25, 0.3) is 0 Å². The number of ether oxygens (including phenoxy) is 1. The van der Waals surface area contributed by atoms with Gasteiger partial charge in [-0.05, 0) is 48.2 Å². The van der Waals surface area contributed by atoms with Crippen LogP contribution in [0.15, 0.2) is 48.5 Å². The van der Waals surface area contributed by atoms with Gasteiger partial charge in [-0.15, -0.1) is 0 Å². The lowest BCUT2D eigenvalue weighted by Gasteiger charge is -2.27. The van der Waals surface area contributed by atoms with Crippen molar-refractivity contribution >= 4 is 11.8 Å². The summed E-state index contributed by atoms with van der Waals surface area (Å²) >= 11 is 0. The van der Waals surface area contributed by atoms with E-state index in [9.17, 15) is 14.7 Å². The lowest BCUT2D eigenvalue weighted by Crippen LogP contribution is -2.42. The largest absolute Gasteiger partial charge is 0.390 e. The summed E-state index contributed by atoms with van der Waals surface area (Å²) in [5.74, 6) is -0.223. The summed E-state index contributed by atoms with van der Waals surface area (Å²) < 4.78 is 5.29. The second-order valence-electron chi connectivity index (χ2n) is 8.60. The van der Waals surface area contributed by atoms with Crippen LogP contribution in [0.3, 0.4) is 0 Å². The van der Waals surface area contributed by atoms with E-state index < -0.39 is 6.10 Å². The Morgan fingerprint density at radius 2 is 1.66 bits per heavy atom. The topological polar surface area (TPSA) is 82.1 Å². The molecule has 7 heteroatoms. The Labute approximate surface area is 189 Å². The number of hydrogen-bond acceptors (Lipinski definition) is 5. The third kappa shape index (κ3) is 5.35. The number of likely N-dealkylation sites (N-methyl/N-ethyl adjacent to an activating group) is 1. The van der Waals surface area contributed by atoms with E-state index in [0.29, 0.717) is 50.0 Å². The zero-order chi connectivity index (χ0) is 22.5. The molecule has 0 bridgehead atoms. The number of amides is 2. The molecule has 1 atom stereocenters. The molecule has 170 valence electrons. The first kappa shape index (κ1) is 22.5. The predicted octanol–water partition coefficient (Wildman–Crippen LogP) is 1.35. The molecule has 0 unspecified atom stereocenters. The molecule has 2 amide bonds. The lowest BCUT2D eigenvalue weighted by atomic mass is 10.1. The highest BCUT2D eigenvalue weighted by molar-refractivity contribution is 5.97. The number of fused-ring (bicyclic) bond motifs is 1. The number of morpholine rings is 1. The van der Waals surface area contributed by atoms with E-state index in [1.54, 1.807) is 36.2 Å². The summed E-state index contributed by atoms with van der Waals surface area (Å²) in [6.45, 7) is 2.95. The van der Waals surface area contributed by atoms with E-state index in [1.807, 2.05) is 0 Å². The molecule has 1 saturated heterocycles. The van der Waals surface area contributed by atoms with Crippen LogP contribution in [0.1, 0.15) is 31.8 Å². The van der Waals surface area contributed by atoms with E-state index in [1.165, 1.54) is 16.0 Å². The number of hydrogen-bond donors (Lipinski definition) is 2. The summed E-state index contributed by atoms with van der Waals surface area (Å²) in [5.41, 5.74) is 3.79. The number of nitrogens with one attached hydrogen (secondary N) is 1. The third-order valence-electron chi connectivity index (χ3n) is 6.20. The fourth-order valence-corrected chi connectivity index (χ4v) is 4.39. The smallest absolute Gasteiger partial charge is 0.254 e. The standard InChI is InChI=1S/C25H31N3O4/c1-27(17-23(29)16-26-22-14-20-4-2-3-5-21(20)15-22)24(30)18-6-8-19(9-7-18)25(31)28-10-12-32-13-11-28/h2-9,22-23,26,29H,10-17H2,1H3/t23-/m0/s1. The van der Waals surface area contributed by atoms with Gasteiger partial charge in [0.05, 0.1) is 19.3 Å². The number of aliphatic hydroxyl groups excluding tert-OH is 1. The number of nitrogens with zero attached hydrogens (tertiary/aromatic N) is 2. The van der Waals surface area contributed by atoms with Crippen LogP contribution in [0, 0.1) is 0 Å². The Kier molecular flexibility index (Phi) is 7.19. The lowest BCUT2D eigenvalue weighted by molar-refractivity contribution is 0.0303. The molecule has 0 radical (unpaired) electrons. The Balaban J connectivity index is 1.24. The monoisotopic (exact) mass is 437 g/mol. The van der Waals surface area contributed by atoms with E-state index in [-0.39, 0.29) is 18.4 Å². The van der Waals surface area contributed by atoms with Gasteiger partial charge in [0.15, 0.2) is 0 Å². The summed E-state index contributed by atoms with van der Waals surface area (Å²) in [6, 6.07) is 15.5. The van der Waals surface area contributed by atoms with Crippen molar-refractivity contribution < 1.29 is 19.4 Å². The summed E-state index contributed by atoms with van der Waals surface area (Å²) in [5, 5.41) is 13.9. The number of benzene rings is 2. The van der Waals surface area contributed by atoms with Crippen LogP contribution < -0.4 is 5.32 Å². The van der Waals surface area contributed by atoms with Crippen LogP contribution in [0.4, 0.5) is 0 Å². The zero-order valence-corrected chi connectivity index (χ0v) is 18.5. The normalized spacial score (nSPS) is 17.1. The van der Waals surface area contributed by atoms with Gasteiger partial charge >= 0.3 is 0 Å². The van der Waals surface area contributed by atoms with Gasteiger partial charge < -0.3 is 25.0 Å². The molecule has 2 aromatic carbocycles. The molecule has 32 heavy (non-hydrogen) atoms. The van der Waals surface area contributed by atoms with Gasteiger partial charge in [-0.1, -0.05) is 24.3 Å². The Bertz CT molecular complexity index is 915. The molecular formula is C25H31N3O4. The summed E-state index contributed by atoms with van der Waals surface area (Å²) in [7, 11) is 1.68. The highest BCUT2D eigenvalue weighted by atomic mass is 16.5. The van der Waals surface area contributed by atoms with Crippen molar-refractivity contribution in [1.82, 2.24) is 15.1 Å². The molecule has 0 saturated carbocycles. The minimum Gasteiger partial charge on any atom is -0.390 e. The van der Waals surface area contributed by atoms with Gasteiger partial charge in [0, 0.05) is 50.4 Å². The second-order valence-corrected chi connectivity index (χ2v) is 8.60. The van der Waals surface area contributed by atoms with Crippen molar-refractivity contribution in [2.75, 3.05) is 46.4 Å². The molecule has 0 spiro atoms. The first-order chi connectivity index (χ1) is 15.5. The molecule has 1 fully saturated rings. The van der Waals surface area contributed by atoms with Crippen LogP contribution in [-0.4, -0.2) is 85.3 Å². The van der Waals surface area contributed by atoms with Gasteiger partial charge in [0.1, 0.15) is 0 Å². The first-order valence-electron chi connectivity index (χ1n) is 11.2. The zero-order valence-electron chi connectivity index (χ0n) is 18.5. The van der Waals surface area contributed by atoms with Crippen molar-refractivity contribution in [2.24, 2.45) is 0 Å². The Hall–Kier alpha value is -2.74. The van der Waals surface area contributed by atoms with Crippen molar-refractivity contribution in [3.63, 3.8) is 0 Å². The van der Waals surface area contributed by atoms with Crippen molar-refractivity contribution in [2.45, 2.75) is 25.0 Å². The third-order valence-corrected chi connectivity index (χ3v) is 6.20. The summed E-state index contributed by atoms with van der Waals surface area (Å²) in [6.07, 6.45) is 1.27. The highest BCUT2D eigenvalue weighted by Gasteiger charge is 2.23. The highest BCUT2D eigenvalue weighted by Crippen LogP contribution is 2.21. The quantitative estimate of drug-likeness (QED) is 0.683. The van der Waals surface area contributed by atoms with E-state index in [2.05, 4.69) is 29.6 Å². The van der Waals surface area contributed by atoms with Gasteiger partial charge in [0.25, 0.3) is 11.8 Å². The van der Waals surface area contributed by atoms with Gasteiger partial charge in [-0.3, -0.25) is 9.59 Å². The summed E-state index contributed by atoms with van der Waals surface area (Å²) in [4.78, 5) is 28.6. The molecule has 2 N–H and O–H groups in total. The molecule has 2 aliphatic rings. The maximum absolute atomic E-state index is 12.8. The maximum Gasteiger partial charge on any atom is 0.254 e. The number of rotatable bonds is 7. The molecule has 4 rings (SSSR count).